The first-order chi connectivity index (χ1) is 9.62. The van der Waals surface area contributed by atoms with Crippen LogP contribution in [0.4, 0.5) is 5.82 Å². The summed E-state index contributed by atoms with van der Waals surface area (Å²) in [6.07, 6.45) is 2.83. The van der Waals surface area contributed by atoms with E-state index in [-0.39, 0.29) is 0 Å². The third kappa shape index (κ3) is 2.63. The number of aromatic nitrogens is 2. The van der Waals surface area contributed by atoms with Crippen molar-refractivity contribution in [3.05, 3.63) is 16.8 Å². The molecule has 20 heavy (non-hydrogen) atoms. The molecule has 4 heteroatoms. The maximum atomic E-state index is 9.55. The maximum absolute atomic E-state index is 9.55. The zero-order valence-electron chi connectivity index (χ0n) is 13.0. The van der Waals surface area contributed by atoms with E-state index in [9.17, 15) is 5.26 Å². The van der Waals surface area contributed by atoms with Crippen LogP contribution in [0.15, 0.2) is 0 Å². The van der Waals surface area contributed by atoms with Gasteiger partial charge in [-0.15, -0.1) is 5.10 Å². The lowest BCUT2D eigenvalue weighted by molar-refractivity contribution is 0.322. The summed E-state index contributed by atoms with van der Waals surface area (Å²) < 4.78 is 0. The molecule has 2 atom stereocenters. The van der Waals surface area contributed by atoms with E-state index in [1.807, 2.05) is 0 Å². The summed E-state index contributed by atoms with van der Waals surface area (Å²) in [5.74, 6) is 2.17. The Bertz CT molecular complexity index is 518. The van der Waals surface area contributed by atoms with Crippen molar-refractivity contribution in [2.45, 2.75) is 47.0 Å². The second-order valence-corrected chi connectivity index (χ2v) is 5.83. The van der Waals surface area contributed by atoms with Gasteiger partial charge in [0.1, 0.15) is 11.6 Å². The molecule has 0 amide bonds. The molecule has 2 unspecified atom stereocenters. The Balaban J connectivity index is 2.40. The molecule has 1 saturated heterocycles. The SMILES string of the molecule is CCc1nnc(N2CCC(C)C(C)C2)c(C#N)c1CC. The molecule has 1 aliphatic rings. The monoisotopic (exact) mass is 272 g/mol. The Hall–Kier alpha value is -1.63. The molecular weight excluding hydrogens is 248 g/mol. The molecule has 0 N–H and O–H groups in total. The summed E-state index contributed by atoms with van der Waals surface area (Å²) in [7, 11) is 0. The molecule has 2 rings (SSSR count). The van der Waals surface area contributed by atoms with Gasteiger partial charge in [0.25, 0.3) is 0 Å². The van der Waals surface area contributed by atoms with E-state index < -0.39 is 0 Å². The minimum absolute atomic E-state index is 0.632. The van der Waals surface area contributed by atoms with Crippen molar-refractivity contribution < 1.29 is 0 Å². The number of aryl methyl sites for hydroxylation is 1. The van der Waals surface area contributed by atoms with Crippen LogP contribution in [0.1, 0.15) is 50.9 Å². The van der Waals surface area contributed by atoms with Gasteiger partial charge in [0.2, 0.25) is 0 Å². The van der Waals surface area contributed by atoms with Crippen LogP contribution < -0.4 is 4.90 Å². The molecule has 0 aliphatic carbocycles. The molecule has 2 heterocycles. The maximum Gasteiger partial charge on any atom is 0.169 e. The molecule has 1 fully saturated rings. The van der Waals surface area contributed by atoms with Crippen molar-refractivity contribution in [1.29, 1.82) is 5.26 Å². The number of piperidine rings is 1. The van der Waals surface area contributed by atoms with E-state index in [2.05, 4.69) is 48.9 Å². The van der Waals surface area contributed by atoms with Crippen molar-refractivity contribution in [3.8, 4) is 6.07 Å². The van der Waals surface area contributed by atoms with E-state index in [1.165, 1.54) is 0 Å². The minimum Gasteiger partial charge on any atom is -0.354 e. The minimum atomic E-state index is 0.632. The van der Waals surface area contributed by atoms with Gasteiger partial charge in [-0.25, -0.2) is 0 Å². The molecule has 1 aromatic heterocycles. The summed E-state index contributed by atoms with van der Waals surface area (Å²) in [5.41, 5.74) is 2.78. The Morgan fingerprint density at radius 3 is 2.50 bits per heavy atom. The number of nitrogens with zero attached hydrogens (tertiary/aromatic N) is 4. The number of hydrogen-bond acceptors (Lipinski definition) is 4. The van der Waals surface area contributed by atoms with Crippen LogP contribution in [-0.4, -0.2) is 23.3 Å². The number of hydrogen-bond donors (Lipinski definition) is 0. The van der Waals surface area contributed by atoms with Crippen LogP contribution in [0.5, 0.6) is 0 Å². The molecule has 0 bridgehead atoms. The summed E-state index contributed by atoms with van der Waals surface area (Å²) in [6.45, 7) is 10.7. The van der Waals surface area contributed by atoms with E-state index in [1.54, 1.807) is 0 Å². The molecule has 0 aromatic carbocycles. The van der Waals surface area contributed by atoms with Crippen molar-refractivity contribution in [3.63, 3.8) is 0 Å². The normalized spacial score (nSPS) is 22.6. The molecule has 0 radical (unpaired) electrons. The van der Waals surface area contributed by atoms with E-state index in [0.29, 0.717) is 5.92 Å². The lowest BCUT2D eigenvalue weighted by atomic mass is 9.88. The fourth-order valence-corrected chi connectivity index (χ4v) is 2.96. The predicted octanol–water partition coefficient (Wildman–Crippen LogP) is 2.96. The zero-order valence-corrected chi connectivity index (χ0v) is 13.0. The Labute approximate surface area is 121 Å². The summed E-state index contributed by atoms with van der Waals surface area (Å²) in [5, 5.41) is 18.3. The largest absolute Gasteiger partial charge is 0.354 e. The molecule has 4 nitrogen and oxygen atoms in total. The Morgan fingerprint density at radius 1 is 1.20 bits per heavy atom. The quantitative estimate of drug-likeness (QED) is 0.849. The van der Waals surface area contributed by atoms with Crippen molar-refractivity contribution >= 4 is 5.82 Å². The van der Waals surface area contributed by atoms with Crippen LogP contribution in [0.2, 0.25) is 0 Å². The van der Waals surface area contributed by atoms with E-state index in [0.717, 1.165) is 60.9 Å². The third-order valence-electron chi connectivity index (χ3n) is 4.57. The first-order valence-electron chi connectivity index (χ1n) is 7.65. The topological polar surface area (TPSA) is 52.8 Å². The highest BCUT2D eigenvalue weighted by molar-refractivity contribution is 5.58. The smallest absolute Gasteiger partial charge is 0.169 e. The predicted molar refractivity (Wildman–Crippen MR) is 80.7 cm³/mol. The summed E-state index contributed by atoms with van der Waals surface area (Å²) in [6, 6.07) is 2.37. The van der Waals surface area contributed by atoms with Gasteiger partial charge >= 0.3 is 0 Å². The molecule has 0 saturated carbocycles. The second-order valence-electron chi connectivity index (χ2n) is 5.83. The van der Waals surface area contributed by atoms with Gasteiger partial charge in [0.15, 0.2) is 5.82 Å². The standard InChI is InChI=1S/C16H24N4/c1-5-13-14(9-17)16(19-18-15(13)6-2)20-8-7-11(3)12(4)10-20/h11-12H,5-8,10H2,1-4H3. The van der Waals surface area contributed by atoms with Gasteiger partial charge in [-0.1, -0.05) is 27.7 Å². The van der Waals surface area contributed by atoms with Gasteiger partial charge in [-0.3, -0.25) is 0 Å². The fourth-order valence-electron chi connectivity index (χ4n) is 2.96. The zero-order chi connectivity index (χ0) is 14.7. The molecular formula is C16H24N4. The van der Waals surface area contributed by atoms with E-state index in [4.69, 9.17) is 0 Å². The first-order valence-corrected chi connectivity index (χ1v) is 7.65. The first kappa shape index (κ1) is 14.8. The highest BCUT2D eigenvalue weighted by atomic mass is 15.3. The van der Waals surface area contributed by atoms with Crippen molar-refractivity contribution in [2.24, 2.45) is 11.8 Å². The van der Waals surface area contributed by atoms with Crippen LogP contribution in [0, 0.1) is 23.2 Å². The number of rotatable bonds is 3. The lowest BCUT2D eigenvalue weighted by Gasteiger charge is -2.36. The third-order valence-corrected chi connectivity index (χ3v) is 4.57. The van der Waals surface area contributed by atoms with Crippen LogP contribution in [0.25, 0.3) is 0 Å². The van der Waals surface area contributed by atoms with Crippen LogP contribution in [0.3, 0.4) is 0 Å². The van der Waals surface area contributed by atoms with E-state index >= 15 is 0 Å². The number of anilines is 1. The second kappa shape index (κ2) is 6.21. The molecule has 1 aromatic rings. The van der Waals surface area contributed by atoms with Crippen LogP contribution >= 0.6 is 0 Å². The van der Waals surface area contributed by atoms with Crippen molar-refractivity contribution in [1.82, 2.24) is 10.2 Å². The van der Waals surface area contributed by atoms with Gasteiger partial charge in [-0.2, -0.15) is 10.4 Å². The van der Waals surface area contributed by atoms with Crippen molar-refractivity contribution in [2.75, 3.05) is 18.0 Å². The molecule has 1 aliphatic heterocycles. The van der Waals surface area contributed by atoms with Crippen LogP contribution in [-0.2, 0) is 12.8 Å². The Morgan fingerprint density at radius 2 is 1.95 bits per heavy atom. The van der Waals surface area contributed by atoms with Gasteiger partial charge in [0, 0.05) is 13.1 Å². The van der Waals surface area contributed by atoms with Gasteiger partial charge < -0.3 is 4.90 Å². The molecule has 108 valence electrons. The average molecular weight is 272 g/mol. The lowest BCUT2D eigenvalue weighted by Crippen LogP contribution is -2.39. The van der Waals surface area contributed by atoms with Gasteiger partial charge in [-0.05, 0) is 36.7 Å². The fraction of sp³-hybridized carbons (Fsp3) is 0.688. The summed E-state index contributed by atoms with van der Waals surface area (Å²) >= 11 is 0. The highest BCUT2D eigenvalue weighted by Crippen LogP contribution is 2.29. The van der Waals surface area contributed by atoms with Gasteiger partial charge in [0.05, 0.1) is 5.69 Å². The highest BCUT2D eigenvalue weighted by Gasteiger charge is 2.26. The summed E-state index contributed by atoms with van der Waals surface area (Å²) in [4.78, 5) is 2.24. The molecule has 0 spiro atoms. The Kier molecular flexibility index (Phi) is 4.59. The average Bonchev–Trinajstić information content (AvgIpc) is 2.48. The number of nitriles is 1.